The minimum absolute atomic E-state index is 0.0312. The van der Waals surface area contributed by atoms with Crippen molar-refractivity contribution in [3.8, 4) is 22.4 Å². The number of fused-ring (bicyclic) bond motifs is 1. The van der Waals surface area contributed by atoms with E-state index in [-0.39, 0.29) is 12.4 Å². The second-order valence-electron chi connectivity index (χ2n) is 5.84. The third kappa shape index (κ3) is 3.02. The SMILES string of the molecule is OCCNc1cc(-c2c(-c3ccc(F)cc3)nn3ccccc23)ccn1. The topological polar surface area (TPSA) is 62.5 Å². The van der Waals surface area contributed by atoms with Crippen LogP contribution in [0.25, 0.3) is 27.9 Å². The molecule has 130 valence electrons. The number of halogens is 1. The number of nitrogens with zero attached hydrogens (tertiary/aromatic N) is 3. The third-order valence-electron chi connectivity index (χ3n) is 4.12. The maximum atomic E-state index is 13.3. The monoisotopic (exact) mass is 348 g/mol. The van der Waals surface area contributed by atoms with Crippen LogP contribution in [0.1, 0.15) is 0 Å². The van der Waals surface area contributed by atoms with Gasteiger partial charge in [-0.05, 0) is 54.1 Å². The van der Waals surface area contributed by atoms with Crippen molar-refractivity contribution in [2.45, 2.75) is 0 Å². The highest BCUT2D eigenvalue weighted by molar-refractivity contribution is 5.92. The molecule has 4 aromatic rings. The zero-order chi connectivity index (χ0) is 17.9. The number of hydrogen-bond donors (Lipinski definition) is 2. The minimum Gasteiger partial charge on any atom is -0.395 e. The molecule has 0 spiro atoms. The highest BCUT2D eigenvalue weighted by atomic mass is 19.1. The van der Waals surface area contributed by atoms with E-state index < -0.39 is 0 Å². The lowest BCUT2D eigenvalue weighted by molar-refractivity contribution is 0.311. The number of aromatic nitrogens is 3. The zero-order valence-corrected chi connectivity index (χ0v) is 13.9. The fraction of sp³-hybridized carbons (Fsp3) is 0.100. The van der Waals surface area contributed by atoms with Crippen molar-refractivity contribution in [1.29, 1.82) is 0 Å². The molecule has 5 nitrogen and oxygen atoms in total. The molecule has 26 heavy (non-hydrogen) atoms. The molecule has 0 aliphatic rings. The molecule has 0 bridgehead atoms. The molecule has 1 aromatic carbocycles. The van der Waals surface area contributed by atoms with Crippen LogP contribution in [0.3, 0.4) is 0 Å². The Morgan fingerprint density at radius 1 is 1.04 bits per heavy atom. The van der Waals surface area contributed by atoms with Crippen LogP contribution >= 0.6 is 0 Å². The number of nitrogens with one attached hydrogen (secondary N) is 1. The minimum atomic E-state index is -0.279. The van der Waals surface area contributed by atoms with Crippen LogP contribution in [0.2, 0.25) is 0 Å². The molecule has 0 amide bonds. The summed E-state index contributed by atoms with van der Waals surface area (Å²) in [7, 11) is 0. The number of rotatable bonds is 5. The molecule has 0 fully saturated rings. The Hall–Kier alpha value is -3.25. The van der Waals surface area contributed by atoms with Crippen LogP contribution in [0, 0.1) is 5.82 Å². The standard InChI is InChI=1S/C20H17FN4O/c21-16-6-4-14(5-7-16)20-19(17-3-1-2-11-25(17)24-20)15-8-9-22-18(13-15)23-10-12-26/h1-9,11,13,26H,10,12H2,(H,22,23). The first kappa shape index (κ1) is 16.2. The zero-order valence-electron chi connectivity index (χ0n) is 13.9. The van der Waals surface area contributed by atoms with Crippen molar-refractivity contribution in [3.63, 3.8) is 0 Å². The number of pyridine rings is 2. The first-order valence-corrected chi connectivity index (χ1v) is 8.31. The van der Waals surface area contributed by atoms with Crippen molar-refractivity contribution in [3.05, 3.63) is 72.8 Å². The largest absolute Gasteiger partial charge is 0.395 e. The van der Waals surface area contributed by atoms with Gasteiger partial charge >= 0.3 is 0 Å². The third-order valence-corrected chi connectivity index (χ3v) is 4.12. The van der Waals surface area contributed by atoms with E-state index in [1.165, 1.54) is 12.1 Å². The van der Waals surface area contributed by atoms with Gasteiger partial charge in [0, 0.05) is 30.1 Å². The fourth-order valence-corrected chi connectivity index (χ4v) is 2.96. The number of aliphatic hydroxyl groups is 1. The summed E-state index contributed by atoms with van der Waals surface area (Å²) in [5, 5.41) is 16.8. The fourth-order valence-electron chi connectivity index (χ4n) is 2.96. The van der Waals surface area contributed by atoms with E-state index >= 15 is 0 Å². The van der Waals surface area contributed by atoms with E-state index in [0.717, 1.165) is 27.9 Å². The van der Waals surface area contributed by atoms with E-state index in [9.17, 15) is 4.39 Å². The summed E-state index contributed by atoms with van der Waals surface area (Å²) in [5.74, 6) is 0.398. The van der Waals surface area contributed by atoms with Crippen LogP contribution in [-0.2, 0) is 0 Å². The molecule has 4 rings (SSSR count). The van der Waals surface area contributed by atoms with Gasteiger partial charge in [0.25, 0.3) is 0 Å². The van der Waals surface area contributed by atoms with Crippen LogP contribution in [0.15, 0.2) is 67.0 Å². The van der Waals surface area contributed by atoms with Crippen LogP contribution in [-0.4, -0.2) is 32.9 Å². The van der Waals surface area contributed by atoms with Crippen molar-refractivity contribution in [2.24, 2.45) is 0 Å². The number of hydrogen-bond acceptors (Lipinski definition) is 4. The molecule has 0 saturated heterocycles. The summed E-state index contributed by atoms with van der Waals surface area (Å²) in [4.78, 5) is 4.28. The Balaban J connectivity index is 1.90. The maximum Gasteiger partial charge on any atom is 0.126 e. The van der Waals surface area contributed by atoms with Crippen molar-refractivity contribution in [1.82, 2.24) is 14.6 Å². The smallest absolute Gasteiger partial charge is 0.126 e. The predicted octanol–water partition coefficient (Wildman–Crippen LogP) is 3.61. The number of aliphatic hydroxyl groups excluding tert-OH is 1. The van der Waals surface area contributed by atoms with Crippen LogP contribution in [0.5, 0.6) is 0 Å². The molecule has 0 aliphatic heterocycles. The van der Waals surface area contributed by atoms with E-state index in [0.29, 0.717) is 12.4 Å². The summed E-state index contributed by atoms with van der Waals surface area (Å²) < 4.78 is 15.2. The second-order valence-corrected chi connectivity index (χ2v) is 5.84. The lowest BCUT2D eigenvalue weighted by atomic mass is 10.0. The van der Waals surface area contributed by atoms with Gasteiger partial charge in [0.15, 0.2) is 0 Å². The van der Waals surface area contributed by atoms with Crippen LogP contribution < -0.4 is 5.32 Å². The van der Waals surface area contributed by atoms with E-state index in [4.69, 9.17) is 10.2 Å². The molecule has 2 N–H and O–H groups in total. The van der Waals surface area contributed by atoms with Gasteiger partial charge in [-0.2, -0.15) is 5.10 Å². The predicted molar refractivity (Wildman–Crippen MR) is 99.4 cm³/mol. The van der Waals surface area contributed by atoms with Gasteiger partial charge in [0.05, 0.1) is 12.1 Å². The van der Waals surface area contributed by atoms with E-state index in [1.807, 2.05) is 41.0 Å². The molecule has 3 heterocycles. The summed E-state index contributed by atoms with van der Waals surface area (Å²) in [5.41, 5.74) is 4.46. The number of benzene rings is 1. The normalized spacial score (nSPS) is 11.0. The average Bonchev–Trinajstić information content (AvgIpc) is 3.06. The van der Waals surface area contributed by atoms with E-state index in [2.05, 4.69) is 10.3 Å². The van der Waals surface area contributed by atoms with Gasteiger partial charge in [0.2, 0.25) is 0 Å². The Morgan fingerprint density at radius 2 is 1.88 bits per heavy atom. The Morgan fingerprint density at radius 3 is 2.69 bits per heavy atom. The lowest BCUT2D eigenvalue weighted by Gasteiger charge is -2.07. The molecule has 0 radical (unpaired) electrons. The molecule has 0 unspecified atom stereocenters. The van der Waals surface area contributed by atoms with Gasteiger partial charge in [-0.15, -0.1) is 0 Å². The van der Waals surface area contributed by atoms with Crippen molar-refractivity contribution in [2.75, 3.05) is 18.5 Å². The maximum absolute atomic E-state index is 13.3. The molecule has 3 aromatic heterocycles. The van der Waals surface area contributed by atoms with Crippen LogP contribution in [0.4, 0.5) is 10.2 Å². The molecular weight excluding hydrogens is 331 g/mol. The lowest BCUT2D eigenvalue weighted by Crippen LogP contribution is -2.06. The summed E-state index contributed by atoms with van der Waals surface area (Å²) in [6.45, 7) is 0.458. The second kappa shape index (κ2) is 6.93. The van der Waals surface area contributed by atoms with Gasteiger partial charge in [-0.1, -0.05) is 6.07 Å². The molecule has 0 saturated carbocycles. The Labute approximate surface area is 149 Å². The number of anilines is 1. The summed E-state index contributed by atoms with van der Waals surface area (Å²) >= 11 is 0. The molecular formula is C20H17FN4O. The average molecular weight is 348 g/mol. The van der Waals surface area contributed by atoms with Gasteiger partial charge in [-0.25, -0.2) is 13.9 Å². The van der Waals surface area contributed by atoms with Crippen molar-refractivity contribution >= 4 is 11.3 Å². The Bertz CT molecular complexity index is 1040. The summed E-state index contributed by atoms with van der Waals surface area (Å²) in [6, 6.07) is 16.0. The molecule has 0 aliphatic carbocycles. The Kier molecular flexibility index (Phi) is 4.33. The highest BCUT2D eigenvalue weighted by Crippen LogP contribution is 2.35. The van der Waals surface area contributed by atoms with Gasteiger partial charge in [0.1, 0.15) is 17.3 Å². The first-order valence-electron chi connectivity index (χ1n) is 8.31. The quantitative estimate of drug-likeness (QED) is 0.578. The first-order chi connectivity index (χ1) is 12.8. The molecule has 0 atom stereocenters. The van der Waals surface area contributed by atoms with Gasteiger partial charge in [-0.3, -0.25) is 0 Å². The van der Waals surface area contributed by atoms with Gasteiger partial charge < -0.3 is 10.4 Å². The summed E-state index contributed by atoms with van der Waals surface area (Å²) in [6.07, 6.45) is 3.61. The van der Waals surface area contributed by atoms with Crippen molar-refractivity contribution < 1.29 is 9.50 Å². The highest BCUT2D eigenvalue weighted by Gasteiger charge is 2.16. The molecule has 6 heteroatoms. The van der Waals surface area contributed by atoms with E-state index in [1.54, 1.807) is 18.3 Å².